The van der Waals surface area contributed by atoms with E-state index in [1.807, 2.05) is 13.0 Å². The number of hydrogen-bond donors (Lipinski definition) is 1. The Morgan fingerprint density at radius 2 is 1.90 bits per heavy atom. The SMILES string of the molecule is COc1ccc(Cl)cc1C(O)c1c(C)cc(C)cc1F. The van der Waals surface area contributed by atoms with Crippen LogP contribution in [0.25, 0.3) is 0 Å². The topological polar surface area (TPSA) is 29.5 Å². The van der Waals surface area contributed by atoms with Gasteiger partial charge in [-0.3, -0.25) is 0 Å². The number of methoxy groups -OCH3 is 1. The van der Waals surface area contributed by atoms with Gasteiger partial charge in [-0.2, -0.15) is 0 Å². The average Bonchev–Trinajstić information content (AvgIpc) is 2.37. The van der Waals surface area contributed by atoms with E-state index in [-0.39, 0.29) is 5.56 Å². The molecule has 2 nitrogen and oxygen atoms in total. The van der Waals surface area contributed by atoms with E-state index >= 15 is 0 Å². The summed E-state index contributed by atoms with van der Waals surface area (Å²) in [5.41, 5.74) is 2.20. The maximum absolute atomic E-state index is 14.1. The Balaban J connectivity index is 2.57. The standard InChI is InChI=1S/C16H16ClFO2/c1-9-6-10(2)15(13(18)7-9)16(19)12-8-11(17)4-5-14(12)20-3/h4-8,16,19H,1-3H3. The number of halogens is 2. The number of aliphatic hydroxyl groups excluding tert-OH is 1. The first-order chi connectivity index (χ1) is 9.43. The lowest BCUT2D eigenvalue weighted by molar-refractivity contribution is 0.209. The summed E-state index contributed by atoms with van der Waals surface area (Å²) in [7, 11) is 1.50. The largest absolute Gasteiger partial charge is 0.496 e. The van der Waals surface area contributed by atoms with E-state index in [4.69, 9.17) is 16.3 Å². The van der Waals surface area contributed by atoms with Crippen molar-refractivity contribution >= 4 is 11.6 Å². The molecule has 0 bridgehead atoms. The molecule has 2 rings (SSSR count). The Morgan fingerprint density at radius 1 is 1.20 bits per heavy atom. The average molecular weight is 295 g/mol. The monoisotopic (exact) mass is 294 g/mol. The fourth-order valence-electron chi connectivity index (χ4n) is 2.35. The predicted octanol–water partition coefficient (Wildman–Crippen LogP) is 4.19. The summed E-state index contributed by atoms with van der Waals surface area (Å²) in [4.78, 5) is 0. The van der Waals surface area contributed by atoms with E-state index in [0.29, 0.717) is 21.9 Å². The fraction of sp³-hybridized carbons (Fsp3) is 0.250. The van der Waals surface area contributed by atoms with Crippen LogP contribution >= 0.6 is 11.6 Å². The molecule has 0 aromatic heterocycles. The number of hydrogen-bond acceptors (Lipinski definition) is 2. The first kappa shape index (κ1) is 14.8. The Bertz CT molecular complexity index is 617. The summed E-state index contributed by atoms with van der Waals surface area (Å²) in [6.07, 6.45) is -1.12. The van der Waals surface area contributed by atoms with Gasteiger partial charge in [0.1, 0.15) is 17.7 Å². The lowest BCUT2D eigenvalue weighted by Gasteiger charge is -2.18. The minimum absolute atomic E-state index is 0.246. The number of benzene rings is 2. The van der Waals surface area contributed by atoms with Crippen LogP contribution in [0, 0.1) is 19.7 Å². The minimum atomic E-state index is -1.12. The van der Waals surface area contributed by atoms with Crippen LogP contribution in [-0.2, 0) is 0 Å². The zero-order valence-corrected chi connectivity index (χ0v) is 12.3. The van der Waals surface area contributed by atoms with Crippen molar-refractivity contribution in [3.63, 3.8) is 0 Å². The molecule has 0 saturated heterocycles. The molecule has 1 atom stereocenters. The molecule has 0 amide bonds. The summed E-state index contributed by atoms with van der Waals surface area (Å²) in [5.74, 6) is 0.0401. The Morgan fingerprint density at radius 3 is 2.50 bits per heavy atom. The maximum Gasteiger partial charge on any atom is 0.129 e. The first-order valence-electron chi connectivity index (χ1n) is 6.22. The molecular formula is C16H16ClFO2. The number of rotatable bonds is 3. The zero-order valence-electron chi connectivity index (χ0n) is 11.6. The van der Waals surface area contributed by atoms with E-state index in [1.54, 1.807) is 25.1 Å². The quantitative estimate of drug-likeness (QED) is 0.920. The van der Waals surface area contributed by atoms with Crippen molar-refractivity contribution in [2.45, 2.75) is 20.0 Å². The normalized spacial score (nSPS) is 12.3. The molecule has 0 saturated carbocycles. The summed E-state index contributed by atoms with van der Waals surface area (Å²) < 4.78 is 19.4. The molecule has 1 unspecified atom stereocenters. The highest BCUT2D eigenvalue weighted by atomic mass is 35.5. The first-order valence-corrected chi connectivity index (χ1v) is 6.60. The van der Waals surface area contributed by atoms with Crippen LogP contribution in [0.2, 0.25) is 5.02 Å². The molecule has 106 valence electrons. The molecule has 0 aliphatic rings. The molecule has 2 aromatic carbocycles. The third-order valence-corrected chi connectivity index (χ3v) is 3.48. The van der Waals surface area contributed by atoms with Crippen molar-refractivity contribution in [3.05, 3.63) is 63.4 Å². The van der Waals surface area contributed by atoms with E-state index in [2.05, 4.69) is 0 Å². The molecule has 4 heteroatoms. The van der Waals surface area contributed by atoms with Crippen LogP contribution in [0.5, 0.6) is 5.75 Å². The molecule has 20 heavy (non-hydrogen) atoms. The van der Waals surface area contributed by atoms with Crippen LogP contribution in [0.1, 0.15) is 28.4 Å². The Kier molecular flexibility index (Phi) is 4.31. The third kappa shape index (κ3) is 2.79. The smallest absolute Gasteiger partial charge is 0.129 e. The van der Waals surface area contributed by atoms with Gasteiger partial charge in [0.05, 0.1) is 7.11 Å². The number of aryl methyl sites for hydroxylation is 2. The van der Waals surface area contributed by atoms with Crippen molar-refractivity contribution in [2.24, 2.45) is 0 Å². The van der Waals surface area contributed by atoms with Crippen LogP contribution in [-0.4, -0.2) is 12.2 Å². The molecule has 0 spiro atoms. The number of aliphatic hydroxyl groups is 1. The molecule has 1 N–H and O–H groups in total. The van der Waals surface area contributed by atoms with Crippen LogP contribution < -0.4 is 4.74 Å². The van der Waals surface area contributed by atoms with Crippen LogP contribution in [0.4, 0.5) is 4.39 Å². The highest BCUT2D eigenvalue weighted by Gasteiger charge is 2.21. The summed E-state index contributed by atoms with van der Waals surface area (Å²) in [6.45, 7) is 3.58. The summed E-state index contributed by atoms with van der Waals surface area (Å²) >= 11 is 5.95. The second-order valence-electron chi connectivity index (χ2n) is 4.77. The van der Waals surface area contributed by atoms with Gasteiger partial charge in [-0.25, -0.2) is 4.39 Å². The van der Waals surface area contributed by atoms with Gasteiger partial charge in [-0.05, 0) is 49.2 Å². The van der Waals surface area contributed by atoms with Gasteiger partial charge in [0.25, 0.3) is 0 Å². The van der Waals surface area contributed by atoms with Gasteiger partial charge in [-0.1, -0.05) is 17.7 Å². The van der Waals surface area contributed by atoms with Crippen LogP contribution in [0.3, 0.4) is 0 Å². The Labute approximate surface area is 122 Å². The van der Waals surface area contributed by atoms with E-state index in [1.165, 1.54) is 13.2 Å². The highest BCUT2D eigenvalue weighted by molar-refractivity contribution is 6.30. The minimum Gasteiger partial charge on any atom is -0.496 e. The summed E-state index contributed by atoms with van der Waals surface area (Å²) in [6, 6.07) is 8.14. The van der Waals surface area contributed by atoms with Crippen molar-refractivity contribution in [1.82, 2.24) is 0 Å². The van der Waals surface area contributed by atoms with E-state index < -0.39 is 11.9 Å². The number of ether oxygens (including phenoxy) is 1. The van der Waals surface area contributed by atoms with Crippen molar-refractivity contribution < 1.29 is 14.2 Å². The highest BCUT2D eigenvalue weighted by Crippen LogP contribution is 2.35. The molecule has 0 fully saturated rings. The van der Waals surface area contributed by atoms with Gasteiger partial charge in [0.15, 0.2) is 0 Å². The predicted molar refractivity (Wildman–Crippen MR) is 77.9 cm³/mol. The van der Waals surface area contributed by atoms with Gasteiger partial charge in [0.2, 0.25) is 0 Å². The molecule has 0 heterocycles. The van der Waals surface area contributed by atoms with Gasteiger partial charge >= 0.3 is 0 Å². The van der Waals surface area contributed by atoms with Crippen molar-refractivity contribution in [1.29, 1.82) is 0 Å². The molecular weight excluding hydrogens is 279 g/mol. The van der Waals surface area contributed by atoms with Gasteiger partial charge < -0.3 is 9.84 Å². The molecule has 0 radical (unpaired) electrons. The maximum atomic E-state index is 14.1. The Hall–Kier alpha value is -1.58. The second kappa shape index (κ2) is 5.81. The summed E-state index contributed by atoms with van der Waals surface area (Å²) in [5, 5.41) is 11.0. The van der Waals surface area contributed by atoms with Crippen LogP contribution in [0.15, 0.2) is 30.3 Å². The zero-order chi connectivity index (χ0) is 14.9. The molecule has 0 aliphatic carbocycles. The second-order valence-corrected chi connectivity index (χ2v) is 5.20. The van der Waals surface area contributed by atoms with Crippen molar-refractivity contribution in [3.8, 4) is 5.75 Å². The van der Waals surface area contributed by atoms with E-state index in [0.717, 1.165) is 5.56 Å². The third-order valence-electron chi connectivity index (χ3n) is 3.24. The lowest BCUT2D eigenvalue weighted by Crippen LogP contribution is -2.07. The fourth-order valence-corrected chi connectivity index (χ4v) is 2.53. The van der Waals surface area contributed by atoms with Gasteiger partial charge in [-0.15, -0.1) is 0 Å². The lowest BCUT2D eigenvalue weighted by atomic mass is 9.95. The molecule has 2 aromatic rings. The van der Waals surface area contributed by atoms with Gasteiger partial charge in [0, 0.05) is 16.1 Å². The van der Waals surface area contributed by atoms with E-state index in [9.17, 15) is 9.50 Å². The molecule has 0 aliphatic heterocycles. The van der Waals surface area contributed by atoms with Crippen molar-refractivity contribution in [2.75, 3.05) is 7.11 Å².